The smallest absolute Gasteiger partial charge is 0.272 e. The van der Waals surface area contributed by atoms with Gasteiger partial charge in [-0.15, -0.1) is 0 Å². The molecule has 0 aliphatic carbocycles. The lowest BCUT2D eigenvalue weighted by molar-refractivity contribution is 0.101. The third-order valence-corrected chi connectivity index (χ3v) is 5.15. The van der Waals surface area contributed by atoms with E-state index in [0.717, 1.165) is 42.8 Å². The van der Waals surface area contributed by atoms with Crippen LogP contribution in [-0.4, -0.2) is 34.6 Å². The molecule has 0 spiro atoms. The molecule has 6 nitrogen and oxygen atoms in total. The first-order valence-corrected chi connectivity index (χ1v) is 9.49. The first kappa shape index (κ1) is 17.5. The molecule has 140 valence electrons. The molecule has 1 atom stereocenters. The van der Waals surface area contributed by atoms with Gasteiger partial charge in [0.15, 0.2) is 0 Å². The van der Waals surface area contributed by atoms with Crippen LogP contribution in [0.5, 0.6) is 0 Å². The number of anilines is 2. The van der Waals surface area contributed by atoms with Crippen molar-refractivity contribution in [2.45, 2.75) is 32.9 Å². The second kappa shape index (κ2) is 7.40. The molecule has 27 heavy (non-hydrogen) atoms. The van der Waals surface area contributed by atoms with Crippen LogP contribution in [0.15, 0.2) is 42.6 Å². The lowest BCUT2D eigenvalue weighted by atomic mass is 10.1. The number of benzene rings is 1. The van der Waals surface area contributed by atoms with Gasteiger partial charge in [0.25, 0.3) is 5.91 Å². The number of amides is 1. The fourth-order valence-corrected chi connectivity index (χ4v) is 3.70. The molecule has 1 fully saturated rings. The van der Waals surface area contributed by atoms with E-state index in [1.54, 1.807) is 6.20 Å². The summed E-state index contributed by atoms with van der Waals surface area (Å²) >= 11 is 0. The largest absolute Gasteiger partial charge is 0.366 e. The van der Waals surface area contributed by atoms with Crippen LogP contribution < -0.4 is 16.0 Å². The second-order valence-electron chi connectivity index (χ2n) is 7.00. The third-order valence-electron chi connectivity index (χ3n) is 5.15. The first-order chi connectivity index (χ1) is 13.2. The van der Waals surface area contributed by atoms with Crippen LogP contribution in [0.4, 0.5) is 11.5 Å². The lowest BCUT2D eigenvalue weighted by Gasteiger charge is -2.13. The van der Waals surface area contributed by atoms with Gasteiger partial charge < -0.3 is 20.5 Å². The number of aryl methyl sites for hydroxylation is 2. The molecule has 0 saturated carbocycles. The lowest BCUT2D eigenvalue weighted by Crippen LogP contribution is -2.22. The highest BCUT2D eigenvalue weighted by atomic mass is 16.1. The van der Waals surface area contributed by atoms with E-state index < -0.39 is 0 Å². The molecule has 3 aromatic rings. The molecule has 0 bridgehead atoms. The maximum absolute atomic E-state index is 12.9. The van der Waals surface area contributed by atoms with Gasteiger partial charge in [-0.1, -0.05) is 12.1 Å². The molecule has 1 saturated heterocycles. The van der Waals surface area contributed by atoms with E-state index in [0.29, 0.717) is 17.4 Å². The van der Waals surface area contributed by atoms with Crippen LogP contribution in [-0.2, 0) is 6.54 Å². The highest BCUT2D eigenvalue weighted by Gasteiger charge is 2.17. The van der Waals surface area contributed by atoms with Gasteiger partial charge in [0.05, 0.1) is 11.9 Å². The predicted molar refractivity (Wildman–Crippen MR) is 109 cm³/mol. The third kappa shape index (κ3) is 3.53. The van der Waals surface area contributed by atoms with Crippen LogP contribution in [0, 0.1) is 6.92 Å². The normalized spacial score (nSPS) is 16.6. The van der Waals surface area contributed by atoms with E-state index in [2.05, 4.69) is 46.9 Å². The van der Waals surface area contributed by atoms with Gasteiger partial charge in [-0.2, -0.15) is 0 Å². The Morgan fingerprint density at radius 1 is 1.33 bits per heavy atom. The number of carbonyl (C=O) groups is 1. The zero-order chi connectivity index (χ0) is 18.8. The predicted octanol–water partition coefficient (Wildman–Crippen LogP) is 3.39. The minimum Gasteiger partial charge on any atom is -0.366 e. The van der Waals surface area contributed by atoms with Crippen LogP contribution in [0.2, 0.25) is 0 Å². The molecule has 1 aliphatic heterocycles. The van der Waals surface area contributed by atoms with E-state index in [1.165, 1.54) is 5.56 Å². The summed E-state index contributed by atoms with van der Waals surface area (Å²) in [5, 5.41) is 10.8. The van der Waals surface area contributed by atoms with E-state index in [1.807, 2.05) is 28.8 Å². The SMILES string of the molecule is CCn1c(C(=O)Nc2ccc(N[C@H]3CCNC3)nc2)cc2c(C)cccc21. The minimum atomic E-state index is -0.116. The molecule has 2 aromatic heterocycles. The standard InChI is InChI=1S/C21H25N5O/c1-3-26-18-6-4-5-14(2)17(18)11-19(26)21(27)25-15-7-8-20(23-13-15)24-16-9-10-22-12-16/h4-8,11,13,16,22H,3,9-10,12H2,1-2H3,(H,23,24)(H,25,27)/t16-/m0/s1. The van der Waals surface area contributed by atoms with Crippen molar-refractivity contribution >= 4 is 28.3 Å². The number of aromatic nitrogens is 2. The minimum absolute atomic E-state index is 0.116. The van der Waals surface area contributed by atoms with Gasteiger partial charge in [0, 0.05) is 30.0 Å². The molecule has 3 N–H and O–H groups in total. The quantitative estimate of drug-likeness (QED) is 0.650. The Morgan fingerprint density at radius 2 is 2.22 bits per heavy atom. The second-order valence-corrected chi connectivity index (χ2v) is 7.00. The molecule has 0 radical (unpaired) electrons. The number of nitrogens with one attached hydrogen (secondary N) is 3. The fourth-order valence-electron chi connectivity index (χ4n) is 3.70. The zero-order valence-corrected chi connectivity index (χ0v) is 15.7. The average molecular weight is 363 g/mol. The van der Waals surface area contributed by atoms with Crippen molar-refractivity contribution < 1.29 is 4.79 Å². The Morgan fingerprint density at radius 3 is 2.93 bits per heavy atom. The van der Waals surface area contributed by atoms with Crippen molar-refractivity contribution in [2.24, 2.45) is 0 Å². The Labute approximate surface area is 159 Å². The molecule has 1 amide bonds. The average Bonchev–Trinajstić information content (AvgIpc) is 3.31. The maximum atomic E-state index is 12.9. The number of carbonyl (C=O) groups excluding carboxylic acids is 1. The summed E-state index contributed by atoms with van der Waals surface area (Å²) in [4.78, 5) is 17.3. The fraction of sp³-hybridized carbons (Fsp3) is 0.333. The molecule has 3 heterocycles. The number of nitrogens with zero attached hydrogens (tertiary/aromatic N) is 2. The van der Waals surface area contributed by atoms with E-state index in [9.17, 15) is 4.79 Å². The van der Waals surface area contributed by atoms with Crippen LogP contribution in [0.1, 0.15) is 29.4 Å². The number of hydrogen-bond donors (Lipinski definition) is 3. The van der Waals surface area contributed by atoms with Gasteiger partial charge in [-0.3, -0.25) is 4.79 Å². The first-order valence-electron chi connectivity index (χ1n) is 9.49. The van der Waals surface area contributed by atoms with E-state index >= 15 is 0 Å². The highest BCUT2D eigenvalue weighted by molar-refractivity contribution is 6.06. The molecule has 4 rings (SSSR count). The maximum Gasteiger partial charge on any atom is 0.272 e. The molecule has 1 aliphatic rings. The van der Waals surface area contributed by atoms with Crippen LogP contribution in [0.25, 0.3) is 10.9 Å². The van der Waals surface area contributed by atoms with Gasteiger partial charge in [-0.05, 0) is 56.6 Å². The number of rotatable bonds is 5. The molecular formula is C21H25N5O. The summed E-state index contributed by atoms with van der Waals surface area (Å²) in [7, 11) is 0. The van der Waals surface area contributed by atoms with Crippen molar-refractivity contribution in [3.63, 3.8) is 0 Å². The zero-order valence-electron chi connectivity index (χ0n) is 15.7. The number of pyridine rings is 1. The molecule has 1 aromatic carbocycles. The van der Waals surface area contributed by atoms with Crippen molar-refractivity contribution in [1.29, 1.82) is 0 Å². The molecule has 0 unspecified atom stereocenters. The summed E-state index contributed by atoms with van der Waals surface area (Å²) in [6.07, 6.45) is 2.80. The molecular weight excluding hydrogens is 338 g/mol. The van der Waals surface area contributed by atoms with E-state index in [-0.39, 0.29) is 5.91 Å². The van der Waals surface area contributed by atoms with Gasteiger partial charge in [-0.25, -0.2) is 4.98 Å². The molecule has 6 heteroatoms. The van der Waals surface area contributed by atoms with Crippen molar-refractivity contribution in [1.82, 2.24) is 14.9 Å². The number of hydrogen-bond acceptors (Lipinski definition) is 4. The van der Waals surface area contributed by atoms with E-state index in [4.69, 9.17) is 0 Å². The monoisotopic (exact) mass is 363 g/mol. The topological polar surface area (TPSA) is 71.0 Å². The Hall–Kier alpha value is -2.86. The summed E-state index contributed by atoms with van der Waals surface area (Å²) in [5.74, 6) is 0.718. The van der Waals surface area contributed by atoms with Gasteiger partial charge in [0.2, 0.25) is 0 Å². The van der Waals surface area contributed by atoms with Crippen molar-refractivity contribution in [3.8, 4) is 0 Å². The van der Waals surface area contributed by atoms with Crippen LogP contribution >= 0.6 is 0 Å². The Bertz CT molecular complexity index is 955. The summed E-state index contributed by atoms with van der Waals surface area (Å²) in [5.41, 5.74) is 3.62. The van der Waals surface area contributed by atoms with Gasteiger partial charge >= 0.3 is 0 Å². The van der Waals surface area contributed by atoms with Crippen molar-refractivity contribution in [2.75, 3.05) is 23.7 Å². The summed E-state index contributed by atoms with van der Waals surface area (Å²) in [6, 6.07) is 12.3. The van der Waals surface area contributed by atoms with Gasteiger partial charge in [0.1, 0.15) is 11.5 Å². The Kier molecular flexibility index (Phi) is 4.81. The highest BCUT2D eigenvalue weighted by Crippen LogP contribution is 2.24. The summed E-state index contributed by atoms with van der Waals surface area (Å²) < 4.78 is 2.05. The Balaban J connectivity index is 1.52. The summed E-state index contributed by atoms with van der Waals surface area (Å²) in [6.45, 7) is 6.86. The van der Waals surface area contributed by atoms with Crippen LogP contribution in [0.3, 0.4) is 0 Å². The number of fused-ring (bicyclic) bond motifs is 1. The van der Waals surface area contributed by atoms with Crippen molar-refractivity contribution in [3.05, 3.63) is 53.9 Å².